The standard InChI is InChI=1S/C12H22N2O2/c1-2-7-12(16)8-14(9-12)11(15)13-10-5-3-4-6-10/h10,16H,2-9H2,1H3,(H,13,15). The second-order valence-corrected chi connectivity index (χ2v) is 5.26. The summed E-state index contributed by atoms with van der Waals surface area (Å²) in [4.78, 5) is 13.5. The van der Waals surface area contributed by atoms with Crippen LogP contribution in [0, 0.1) is 0 Å². The number of likely N-dealkylation sites (tertiary alicyclic amines) is 1. The number of nitrogens with zero attached hydrogens (tertiary/aromatic N) is 1. The van der Waals surface area contributed by atoms with Gasteiger partial charge in [0.15, 0.2) is 0 Å². The van der Waals surface area contributed by atoms with E-state index in [0.29, 0.717) is 19.1 Å². The molecule has 1 saturated heterocycles. The Kier molecular flexibility index (Phi) is 3.38. The van der Waals surface area contributed by atoms with E-state index in [2.05, 4.69) is 12.2 Å². The highest BCUT2D eigenvalue weighted by molar-refractivity contribution is 5.75. The molecule has 1 aliphatic carbocycles. The third-order valence-corrected chi connectivity index (χ3v) is 3.66. The van der Waals surface area contributed by atoms with E-state index in [1.807, 2.05) is 0 Å². The lowest BCUT2D eigenvalue weighted by Crippen LogP contribution is -2.65. The summed E-state index contributed by atoms with van der Waals surface area (Å²) in [6, 6.07) is 0.375. The number of β-amino-alcohol motifs (C(OH)–C–C–N with tert-alkyl or cyclic N) is 1. The lowest BCUT2D eigenvalue weighted by molar-refractivity contribution is -0.0817. The van der Waals surface area contributed by atoms with E-state index >= 15 is 0 Å². The molecule has 4 nitrogen and oxygen atoms in total. The molecule has 0 aromatic rings. The first kappa shape index (κ1) is 11.7. The Hall–Kier alpha value is -0.770. The molecule has 0 aromatic carbocycles. The number of aliphatic hydroxyl groups is 1. The smallest absolute Gasteiger partial charge is 0.317 e. The molecule has 0 bridgehead atoms. The summed E-state index contributed by atoms with van der Waals surface area (Å²) in [7, 11) is 0. The van der Waals surface area contributed by atoms with Crippen LogP contribution < -0.4 is 5.32 Å². The molecule has 2 fully saturated rings. The van der Waals surface area contributed by atoms with E-state index in [4.69, 9.17) is 0 Å². The first-order valence-corrected chi connectivity index (χ1v) is 6.41. The van der Waals surface area contributed by atoms with Crippen LogP contribution in [0.15, 0.2) is 0 Å². The van der Waals surface area contributed by atoms with Crippen molar-refractivity contribution in [2.45, 2.75) is 57.1 Å². The molecular weight excluding hydrogens is 204 g/mol. The molecule has 1 heterocycles. The van der Waals surface area contributed by atoms with E-state index in [1.54, 1.807) is 4.90 Å². The van der Waals surface area contributed by atoms with Crippen molar-refractivity contribution in [3.8, 4) is 0 Å². The van der Waals surface area contributed by atoms with Gasteiger partial charge in [0.05, 0.1) is 18.7 Å². The summed E-state index contributed by atoms with van der Waals surface area (Å²) < 4.78 is 0. The number of nitrogens with one attached hydrogen (secondary N) is 1. The molecule has 0 atom stereocenters. The van der Waals surface area contributed by atoms with Gasteiger partial charge in [0.25, 0.3) is 0 Å². The average molecular weight is 226 g/mol. The summed E-state index contributed by atoms with van der Waals surface area (Å²) >= 11 is 0. The van der Waals surface area contributed by atoms with Gasteiger partial charge < -0.3 is 15.3 Å². The van der Waals surface area contributed by atoms with Gasteiger partial charge in [-0.05, 0) is 19.3 Å². The predicted molar refractivity (Wildman–Crippen MR) is 62.2 cm³/mol. The number of carbonyl (C=O) groups excluding carboxylic acids is 1. The van der Waals surface area contributed by atoms with Crippen molar-refractivity contribution in [2.24, 2.45) is 0 Å². The fourth-order valence-electron chi connectivity index (χ4n) is 2.77. The normalized spacial score (nSPS) is 24.2. The van der Waals surface area contributed by atoms with Crippen LogP contribution in [0.25, 0.3) is 0 Å². The summed E-state index contributed by atoms with van der Waals surface area (Å²) in [6.45, 7) is 3.05. The summed E-state index contributed by atoms with van der Waals surface area (Å²) in [5.41, 5.74) is -0.609. The van der Waals surface area contributed by atoms with Gasteiger partial charge in [0.2, 0.25) is 0 Å². The Morgan fingerprint density at radius 3 is 2.62 bits per heavy atom. The Bertz CT molecular complexity index is 256. The molecule has 0 unspecified atom stereocenters. The molecule has 16 heavy (non-hydrogen) atoms. The van der Waals surface area contributed by atoms with Crippen molar-refractivity contribution >= 4 is 6.03 Å². The van der Waals surface area contributed by atoms with Gasteiger partial charge >= 0.3 is 6.03 Å². The lowest BCUT2D eigenvalue weighted by Gasteiger charge is -2.46. The zero-order chi connectivity index (χ0) is 11.6. The highest BCUT2D eigenvalue weighted by atomic mass is 16.3. The summed E-state index contributed by atoms with van der Waals surface area (Å²) in [5.74, 6) is 0. The first-order chi connectivity index (χ1) is 7.63. The SMILES string of the molecule is CCCC1(O)CN(C(=O)NC2CCCC2)C1. The lowest BCUT2D eigenvalue weighted by atomic mass is 9.90. The maximum absolute atomic E-state index is 11.8. The largest absolute Gasteiger partial charge is 0.386 e. The molecule has 2 amide bonds. The van der Waals surface area contributed by atoms with Gasteiger partial charge in [-0.15, -0.1) is 0 Å². The highest BCUT2D eigenvalue weighted by Gasteiger charge is 2.43. The minimum Gasteiger partial charge on any atom is -0.386 e. The zero-order valence-corrected chi connectivity index (χ0v) is 10.0. The fourth-order valence-corrected chi connectivity index (χ4v) is 2.77. The van der Waals surface area contributed by atoms with Gasteiger partial charge in [-0.25, -0.2) is 4.79 Å². The Morgan fingerprint density at radius 1 is 1.44 bits per heavy atom. The monoisotopic (exact) mass is 226 g/mol. The topological polar surface area (TPSA) is 52.6 Å². The van der Waals surface area contributed by atoms with Crippen molar-refractivity contribution < 1.29 is 9.90 Å². The van der Waals surface area contributed by atoms with Gasteiger partial charge in [0.1, 0.15) is 0 Å². The number of hydrogen-bond acceptors (Lipinski definition) is 2. The second kappa shape index (κ2) is 4.62. The molecule has 1 aliphatic heterocycles. The number of carbonyl (C=O) groups is 1. The van der Waals surface area contributed by atoms with Crippen LogP contribution in [0.4, 0.5) is 4.79 Å². The van der Waals surface area contributed by atoms with E-state index in [0.717, 1.165) is 25.7 Å². The minimum atomic E-state index is -0.609. The molecular formula is C12H22N2O2. The molecule has 1 saturated carbocycles. The van der Waals surface area contributed by atoms with Gasteiger partial charge in [-0.2, -0.15) is 0 Å². The van der Waals surface area contributed by atoms with E-state index in [9.17, 15) is 9.90 Å². The molecule has 0 aromatic heterocycles. The fraction of sp³-hybridized carbons (Fsp3) is 0.917. The van der Waals surface area contributed by atoms with Crippen LogP contribution in [-0.2, 0) is 0 Å². The molecule has 2 aliphatic rings. The quantitative estimate of drug-likeness (QED) is 0.766. The molecule has 0 spiro atoms. The molecule has 4 heteroatoms. The second-order valence-electron chi connectivity index (χ2n) is 5.26. The van der Waals surface area contributed by atoms with E-state index in [1.165, 1.54) is 12.8 Å². The number of amides is 2. The molecule has 92 valence electrons. The van der Waals surface area contributed by atoms with Crippen molar-refractivity contribution in [3.05, 3.63) is 0 Å². The van der Waals surface area contributed by atoms with Gasteiger partial charge in [0, 0.05) is 6.04 Å². The van der Waals surface area contributed by atoms with Gasteiger partial charge in [-0.1, -0.05) is 26.2 Å². The van der Waals surface area contributed by atoms with Crippen LogP contribution in [0.2, 0.25) is 0 Å². The maximum Gasteiger partial charge on any atom is 0.317 e. The minimum absolute atomic E-state index is 0.00711. The highest BCUT2D eigenvalue weighted by Crippen LogP contribution is 2.26. The zero-order valence-electron chi connectivity index (χ0n) is 10.0. The van der Waals surface area contributed by atoms with Crippen LogP contribution in [0.3, 0.4) is 0 Å². The van der Waals surface area contributed by atoms with E-state index < -0.39 is 5.60 Å². The Morgan fingerprint density at radius 2 is 2.06 bits per heavy atom. The maximum atomic E-state index is 11.8. The van der Waals surface area contributed by atoms with E-state index in [-0.39, 0.29) is 6.03 Å². The van der Waals surface area contributed by atoms with Crippen molar-refractivity contribution in [3.63, 3.8) is 0 Å². The van der Waals surface area contributed by atoms with Gasteiger partial charge in [-0.3, -0.25) is 0 Å². The Labute approximate surface area is 97.0 Å². The number of hydrogen-bond donors (Lipinski definition) is 2. The summed E-state index contributed by atoms with van der Waals surface area (Å²) in [5, 5.41) is 13.0. The number of urea groups is 1. The van der Waals surface area contributed by atoms with Crippen LogP contribution in [0.5, 0.6) is 0 Å². The first-order valence-electron chi connectivity index (χ1n) is 6.41. The van der Waals surface area contributed by atoms with Crippen molar-refractivity contribution in [2.75, 3.05) is 13.1 Å². The van der Waals surface area contributed by atoms with Crippen LogP contribution >= 0.6 is 0 Å². The van der Waals surface area contributed by atoms with Crippen molar-refractivity contribution in [1.29, 1.82) is 0 Å². The molecule has 2 N–H and O–H groups in total. The molecule has 0 radical (unpaired) electrons. The van der Waals surface area contributed by atoms with Crippen LogP contribution in [0.1, 0.15) is 45.4 Å². The summed E-state index contributed by atoms with van der Waals surface area (Å²) in [6.07, 6.45) is 6.43. The number of rotatable bonds is 3. The average Bonchev–Trinajstić information content (AvgIpc) is 2.66. The van der Waals surface area contributed by atoms with Crippen molar-refractivity contribution in [1.82, 2.24) is 10.2 Å². The Balaban J connectivity index is 1.72. The third kappa shape index (κ3) is 2.48. The third-order valence-electron chi connectivity index (χ3n) is 3.66. The van der Waals surface area contributed by atoms with Crippen LogP contribution in [-0.4, -0.2) is 40.8 Å². The molecule has 2 rings (SSSR count). The predicted octanol–water partition coefficient (Wildman–Crippen LogP) is 1.49.